The zero-order valence-electron chi connectivity index (χ0n) is 12.3. The number of nitrogens with one attached hydrogen (secondary N) is 1. The number of benzene rings is 1. The summed E-state index contributed by atoms with van der Waals surface area (Å²) in [6.07, 6.45) is 1.77. The second-order valence-electron chi connectivity index (χ2n) is 5.22. The maximum Gasteiger partial charge on any atom is 0.157 e. The Balaban J connectivity index is 1.96. The first-order valence-corrected chi connectivity index (χ1v) is 7.03. The SMILES string of the molecule is CN(C)CCNc1cc(-c2ccccc2)nc2ccnn12. The third-order valence-electron chi connectivity index (χ3n) is 3.29. The fourth-order valence-electron chi connectivity index (χ4n) is 2.20. The fraction of sp³-hybridized carbons (Fsp3) is 0.250. The van der Waals surface area contributed by atoms with E-state index in [1.165, 1.54) is 0 Å². The van der Waals surface area contributed by atoms with E-state index in [1.807, 2.05) is 34.8 Å². The van der Waals surface area contributed by atoms with Gasteiger partial charge >= 0.3 is 0 Å². The highest BCUT2D eigenvalue weighted by atomic mass is 15.3. The Morgan fingerprint density at radius 3 is 2.71 bits per heavy atom. The molecule has 0 unspecified atom stereocenters. The van der Waals surface area contributed by atoms with Gasteiger partial charge in [0.1, 0.15) is 5.82 Å². The van der Waals surface area contributed by atoms with Gasteiger partial charge in [-0.05, 0) is 14.1 Å². The number of hydrogen-bond acceptors (Lipinski definition) is 4. The summed E-state index contributed by atoms with van der Waals surface area (Å²) < 4.78 is 1.84. The van der Waals surface area contributed by atoms with Crippen molar-refractivity contribution in [1.82, 2.24) is 19.5 Å². The molecule has 0 spiro atoms. The lowest BCUT2D eigenvalue weighted by Crippen LogP contribution is -2.21. The topological polar surface area (TPSA) is 45.5 Å². The molecule has 5 nitrogen and oxygen atoms in total. The van der Waals surface area contributed by atoms with E-state index < -0.39 is 0 Å². The lowest BCUT2D eigenvalue weighted by atomic mass is 10.1. The van der Waals surface area contributed by atoms with Crippen LogP contribution in [0.25, 0.3) is 16.9 Å². The molecule has 0 aliphatic carbocycles. The van der Waals surface area contributed by atoms with E-state index >= 15 is 0 Å². The van der Waals surface area contributed by atoms with Gasteiger partial charge in [0.25, 0.3) is 0 Å². The van der Waals surface area contributed by atoms with E-state index in [-0.39, 0.29) is 0 Å². The Morgan fingerprint density at radius 2 is 1.95 bits per heavy atom. The molecule has 2 heterocycles. The summed E-state index contributed by atoms with van der Waals surface area (Å²) >= 11 is 0. The van der Waals surface area contributed by atoms with Crippen LogP contribution >= 0.6 is 0 Å². The van der Waals surface area contributed by atoms with Crippen LogP contribution < -0.4 is 5.32 Å². The lowest BCUT2D eigenvalue weighted by molar-refractivity contribution is 0.425. The van der Waals surface area contributed by atoms with E-state index in [0.717, 1.165) is 35.8 Å². The number of nitrogens with zero attached hydrogens (tertiary/aromatic N) is 4. The Bertz CT molecular complexity index is 718. The van der Waals surface area contributed by atoms with Crippen LogP contribution in [0.2, 0.25) is 0 Å². The maximum atomic E-state index is 4.66. The molecule has 0 fully saturated rings. The molecule has 0 aliphatic rings. The van der Waals surface area contributed by atoms with Crippen LogP contribution in [0.5, 0.6) is 0 Å². The van der Waals surface area contributed by atoms with Gasteiger partial charge in [0.15, 0.2) is 5.65 Å². The van der Waals surface area contributed by atoms with Crippen molar-refractivity contribution in [2.24, 2.45) is 0 Å². The van der Waals surface area contributed by atoms with Crippen LogP contribution in [0.4, 0.5) is 5.82 Å². The van der Waals surface area contributed by atoms with Crippen LogP contribution in [-0.4, -0.2) is 46.7 Å². The van der Waals surface area contributed by atoms with E-state index in [1.54, 1.807) is 6.20 Å². The molecule has 2 aromatic heterocycles. The molecule has 21 heavy (non-hydrogen) atoms. The van der Waals surface area contributed by atoms with Gasteiger partial charge in [-0.1, -0.05) is 30.3 Å². The van der Waals surface area contributed by atoms with Crippen molar-refractivity contribution < 1.29 is 0 Å². The molecule has 0 saturated carbocycles. The summed E-state index contributed by atoms with van der Waals surface area (Å²) in [5.41, 5.74) is 2.91. The number of aromatic nitrogens is 3. The zero-order valence-corrected chi connectivity index (χ0v) is 12.3. The largest absolute Gasteiger partial charge is 0.369 e. The summed E-state index contributed by atoms with van der Waals surface area (Å²) in [5.74, 6) is 0.964. The van der Waals surface area contributed by atoms with E-state index in [9.17, 15) is 0 Å². The lowest BCUT2D eigenvalue weighted by Gasteiger charge is -2.13. The van der Waals surface area contributed by atoms with Gasteiger partial charge in [0.05, 0.1) is 11.9 Å². The summed E-state index contributed by atoms with van der Waals surface area (Å²) in [7, 11) is 4.13. The highest BCUT2D eigenvalue weighted by molar-refractivity contribution is 5.66. The number of fused-ring (bicyclic) bond motifs is 1. The molecule has 108 valence electrons. The third-order valence-corrected chi connectivity index (χ3v) is 3.29. The van der Waals surface area contributed by atoms with E-state index in [0.29, 0.717) is 0 Å². The number of hydrogen-bond donors (Lipinski definition) is 1. The minimum atomic E-state index is 0.851. The van der Waals surface area contributed by atoms with Gasteiger partial charge in [-0.15, -0.1) is 0 Å². The molecule has 0 amide bonds. The second-order valence-corrected chi connectivity index (χ2v) is 5.22. The highest BCUT2D eigenvalue weighted by Gasteiger charge is 2.07. The molecule has 1 aromatic carbocycles. The monoisotopic (exact) mass is 281 g/mol. The molecule has 0 aliphatic heterocycles. The average Bonchev–Trinajstić information content (AvgIpc) is 2.96. The van der Waals surface area contributed by atoms with Crippen molar-refractivity contribution in [2.75, 3.05) is 32.5 Å². The summed E-state index contributed by atoms with van der Waals surface area (Å²) in [5, 5.41) is 7.76. The second kappa shape index (κ2) is 5.93. The minimum absolute atomic E-state index is 0.851. The fourth-order valence-corrected chi connectivity index (χ4v) is 2.20. The normalized spacial score (nSPS) is 11.2. The van der Waals surface area contributed by atoms with Gasteiger partial charge in [0.2, 0.25) is 0 Å². The highest BCUT2D eigenvalue weighted by Crippen LogP contribution is 2.21. The van der Waals surface area contributed by atoms with Crippen molar-refractivity contribution in [3.8, 4) is 11.3 Å². The first kappa shape index (κ1) is 13.6. The zero-order chi connectivity index (χ0) is 14.7. The Labute approximate surface area is 124 Å². The third kappa shape index (κ3) is 3.03. The quantitative estimate of drug-likeness (QED) is 0.780. The van der Waals surface area contributed by atoms with Crippen LogP contribution in [0.1, 0.15) is 0 Å². The van der Waals surface area contributed by atoms with Crippen molar-refractivity contribution >= 4 is 11.5 Å². The molecule has 5 heteroatoms. The van der Waals surface area contributed by atoms with Gasteiger partial charge in [-0.2, -0.15) is 9.61 Å². The standard InChI is InChI=1S/C16H19N5/c1-20(2)11-10-17-16-12-14(13-6-4-3-5-7-13)19-15-8-9-18-21(15)16/h3-9,12,17H,10-11H2,1-2H3. The molecule has 0 saturated heterocycles. The molecule has 0 radical (unpaired) electrons. The molecular formula is C16H19N5. The molecule has 1 N–H and O–H groups in total. The Morgan fingerprint density at radius 1 is 1.14 bits per heavy atom. The Kier molecular flexibility index (Phi) is 3.83. The molecule has 3 aromatic rings. The van der Waals surface area contributed by atoms with E-state index in [2.05, 4.69) is 46.5 Å². The van der Waals surface area contributed by atoms with Crippen LogP contribution in [-0.2, 0) is 0 Å². The first-order chi connectivity index (χ1) is 10.2. The minimum Gasteiger partial charge on any atom is -0.369 e. The first-order valence-electron chi connectivity index (χ1n) is 7.03. The smallest absolute Gasteiger partial charge is 0.157 e. The van der Waals surface area contributed by atoms with Crippen LogP contribution in [0, 0.1) is 0 Å². The molecule has 0 bridgehead atoms. The van der Waals surface area contributed by atoms with E-state index in [4.69, 9.17) is 0 Å². The van der Waals surface area contributed by atoms with Crippen molar-refractivity contribution in [2.45, 2.75) is 0 Å². The average molecular weight is 281 g/mol. The summed E-state index contributed by atoms with van der Waals surface area (Å²) in [6, 6.07) is 14.2. The van der Waals surface area contributed by atoms with Crippen molar-refractivity contribution in [1.29, 1.82) is 0 Å². The van der Waals surface area contributed by atoms with Gasteiger partial charge in [-0.3, -0.25) is 0 Å². The van der Waals surface area contributed by atoms with Gasteiger partial charge in [0, 0.05) is 30.8 Å². The molecular weight excluding hydrogens is 262 g/mol. The van der Waals surface area contributed by atoms with Crippen molar-refractivity contribution in [3.63, 3.8) is 0 Å². The maximum absolute atomic E-state index is 4.66. The van der Waals surface area contributed by atoms with Crippen LogP contribution in [0.3, 0.4) is 0 Å². The molecule has 3 rings (SSSR count). The van der Waals surface area contributed by atoms with Crippen LogP contribution in [0.15, 0.2) is 48.7 Å². The molecule has 0 atom stereocenters. The predicted octanol–water partition coefficient (Wildman–Crippen LogP) is 2.37. The summed E-state index contributed by atoms with van der Waals surface area (Å²) in [4.78, 5) is 6.80. The number of likely N-dealkylation sites (N-methyl/N-ethyl adjacent to an activating group) is 1. The van der Waals surface area contributed by atoms with Gasteiger partial charge < -0.3 is 10.2 Å². The summed E-state index contributed by atoms with van der Waals surface area (Å²) in [6.45, 7) is 1.83. The number of anilines is 1. The predicted molar refractivity (Wildman–Crippen MR) is 85.5 cm³/mol. The number of rotatable bonds is 5. The van der Waals surface area contributed by atoms with Gasteiger partial charge in [-0.25, -0.2) is 4.98 Å². The van der Waals surface area contributed by atoms with Crippen molar-refractivity contribution in [3.05, 3.63) is 48.7 Å². The Hall–Kier alpha value is -2.40.